The molecule has 0 bridgehead atoms. The van der Waals surface area contributed by atoms with Gasteiger partial charge in [-0.15, -0.1) is 11.8 Å². The second-order valence-corrected chi connectivity index (χ2v) is 5.28. The van der Waals surface area contributed by atoms with Crippen LogP contribution >= 0.6 is 35.0 Å². The molecule has 2 rings (SSSR count). The van der Waals surface area contributed by atoms with Gasteiger partial charge < -0.3 is 5.32 Å². The molecule has 1 amide bonds. The standard InChI is InChI=1S/C13H10Cl2N2OS/c1-19-9-4-2-8(3-5-9)16-13(18)10-6-7-11(14)17-12(10)15/h2-7H,1H3,(H,16,18). The summed E-state index contributed by atoms with van der Waals surface area (Å²) in [5.74, 6) is -0.314. The Labute approximate surface area is 125 Å². The first-order chi connectivity index (χ1) is 9.10. The van der Waals surface area contributed by atoms with Gasteiger partial charge in [0.25, 0.3) is 5.91 Å². The Morgan fingerprint density at radius 2 is 1.84 bits per heavy atom. The first-order valence-electron chi connectivity index (χ1n) is 5.37. The van der Waals surface area contributed by atoms with Gasteiger partial charge in [0.2, 0.25) is 0 Å². The van der Waals surface area contributed by atoms with E-state index in [2.05, 4.69) is 10.3 Å². The molecule has 1 aromatic heterocycles. The highest BCUT2D eigenvalue weighted by Gasteiger charge is 2.12. The zero-order valence-corrected chi connectivity index (χ0v) is 12.3. The number of halogens is 2. The van der Waals surface area contributed by atoms with Crippen molar-refractivity contribution < 1.29 is 4.79 Å². The maximum absolute atomic E-state index is 12.0. The predicted octanol–water partition coefficient (Wildman–Crippen LogP) is 4.36. The SMILES string of the molecule is CSc1ccc(NC(=O)c2ccc(Cl)nc2Cl)cc1. The number of carbonyl (C=O) groups excluding carboxylic acids is 1. The van der Waals surface area contributed by atoms with Crippen molar-refractivity contribution in [3.8, 4) is 0 Å². The van der Waals surface area contributed by atoms with Crippen molar-refractivity contribution in [2.45, 2.75) is 4.90 Å². The third kappa shape index (κ3) is 3.62. The molecular formula is C13H10Cl2N2OS. The van der Waals surface area contributed by atoms with Crippen molar-refractivity contribution in [3.05, 3.63) is 52.3 Å². The molecule has 3 nitrogen and oxygen atoms in total. The van der Waals surface area contributed by atoms with Crippen molar-refractivity contribution in [1.82, 2.24) is 4.98 Å². The van der Waals surface area contributed by atoms with Crippen molar-refractivity contribution in [2.24, 2.45) is 0 Å². The Kier molecular flexibility index (Phi) is 4.69. The summed E-state index contributed by atoms with van der Waals surface area (Å²) in [7, 11) is 0. The average molecular weight is 313 g/mol. The lowest BCUT2D eigenvalue weighted by Crippen LogP contribution is -2.12. The average Bonchev–Trinajstić information content (AvgIpc) is 2.39. The summed E-state index contributed by atoms with van der Waals surface area (Å²) in [6.45, 7) is 0. The Balaban J connectivity index is 2.15. The fourth-order valence-electron chi connectivity index (χ4n) is 1.45. The van der Waals surface area contributed by atoms with Gasteiger partial charge >= 0.3 is 0 Å². The minimum absolute atomic E-state index is 0.0886. The van der Waals surface area contributed by atoms with Gasteiger partial charge in [-0.1, -0.05) is 23.2 Å². The van der Waals surface area contributed by atoms with Crippen molar-refractivity contribution in [3.63, 3.8) is 0 Å². The van der Waals surface area contributed by atoms with Crippen LogP contribution in [0.15, 0.2) is 41.3 Å². The monoisotopic (exact) mass is 312 g/mol. The minimum Gasteiger partial charge on any atom is -0.322 e. The van der Waals surface area contributed by atoms with Gasteiger partial charge in [-0.3, -0.25) is 4.79 Å². The number of amides is 1. The van der Waals surface area contributed by atoms with Gasteiger partial charge in [0.15, 0.2) is 0 Å². The fraction of sp³-hybridized carbons (Fsp3) is 0.0769. The van der Waals surface area contributed by atoms with Crippen LogP contribution in [0.5, 0.6) is 0 Å². The summed E-state index contributed by atoms with van der Waals surface area (Å²) in [5, 5.41) is 3.10. The number of anilines is 1. The lowest BCUT2D eigenvalue weighted by Gasteiger charge is -2.07. The Bertz CT molecular complexity index is 602. The highest BCUT2D eigenvalue weighted by atomic mass is 35.5. The molecule has 0 aliphatic heterocycles. The maximum atomic E-state index is 12.0. The number of benzene rings is 1. The molecule has 0 aliphatic carbocycles. The molecule has 1 N–H and O–H groups in total. The van der Waals surface area contributed by atoms with Crippen LogP contribution in [-0.2, 0) is 0 Å². The van der Waals surface area contributed by atoms with Gasteiger partial charge in [-0.05, 0) is 42.7 Å². The molecule has 0 unspecified atom stereocenters. The molecule has 98 valence electrons. The van der Waals surface area contributed by atoms with Gasteiger partial charge in [-0.2, -0.15) is 0 Å². The maximum Gasteiger partial charge on any atom is 0.258 e. The Morgan fingerprint density at radius 3 is 2.42 bits per heavy atom. The largest absolute Gasteiger partial charge is 0.322 e. The van der Waals surface area contributed by atoms with E-state index in [0.717, 1.165) is 4.90 Å². The zero-order valence-electron chi connectivity index (χ0n) is 9.98. The molecule has 0 fully saturated rings. The predicted molar refractivity (Wildman–Crippen MR) is 80.4 cm³/mol. The zero-order chi connectivity index (χ0) is 13.8. The summed E-state index contributed by atoms with van der Waals surface area (Å²) in [6, 6.07) is 10.6. The molecule has 1 heterocycles. The summed E-state index contributed by atoms with van der Waals surface area (Å²) in [5.41, 5.74) is 0.994. The summed E-state index contributed by atoms with van der Waals surface area (Å²) in [4.78, 5) is 17.0. The highest BCUT2D eigenvalue weighted by molar-refractivity contribution is 7.98. The molecule has 6 heteroatoms. The quantitative estimate of drug-likeness (QED) is 0.676. The van der Waals surface area contributed by atoms with Crippen molar-refractivity contribution >= 4 is 46.6 Å². The normalized spacial score (nSPS) is 10.3. The smallest absolute Gasteiger partial charge is 0.258 e. The van der Waals surface area contributed by atoms with E-state index in [4.69, 9.17) is 23.2 Å². The van der Waals surface area contributed by atoms with Crippen LogP contribution in [0.25, 0.3) is 0 Å². The van der Waals surface area contributed by atoms with Crippen LogP contribution in [-0.4, -0.2) is 17.1 Å². The van der Waals surface area contributed by atoms with Gasteiger partial charge in [0.1, 0.15) is 10.3 Å². The minimum atomic E-state index is -0.314. The molecule has 0 aliphatic rings. The Hall–Kier alpha value is -1.23. The van der Waals surface area contributed by atoms with E-state index in [1.165, 1.54) is 6.07 Å². The highest BCUT2D eigenvalue weighted by Crippen LogP contribution is 2.20. The van der Waals surface area contributed by atoms with Crippen LogP contribution < -0.4 is 5.32 Å². The summed E-state index contributed by atoms with van der Waals surface area (Å²) < 4.78 is 0. The molecule has 1 aromatic carbocycles. The third-order valence-electron chi connectivity index (χ3n) is 2.41. The van der Waals surface area contributed by atoms with E-state index < -0.39 is 0 Å². The van der Waals surface area contributed by atoms with Gasteiger partial charge in [0.05, 0.1) is 5.56 Å². The number of nitrogens with zero attached hydrogens (tertiary/aromatic N) is 1. The van der Waals surface area contributed by atoms with E-state index in [1.807, 2.05) is 30.5 Å². The second kappa shape index (κ2) is 6.28. The molecule has 2 aromatic rings. The lowest BCUT2D eigenvalue weighted by molar-refractivity contribution is 0.102. The van der Waals surface area contributed by atoms with Crippen molar-refractivity contribution in [2.75, 3.05) is 11.6 Å². The topological polar surface area (TPSA) is 42.0 Å². The summed E-state index contributed by atoms with van der Waals surface area (Å²) in [6.07, 6.45) is 1.99. The lowest BCUT2D eigenvalue weighted by atomic mass is 10.2. The molecular weight excluding hydrogens is 303 g/mol. The first kappa shape index (κ1) is 14.2. The number of carbonyl (C=O) groups is 1. The van der Waals surface area contributed by atoms with Crippen LogP contribution in [0, 0.1) is 0 Å². The number of aromatic nitrogens is 1. The van der Waals surface area contributed by atoms with E-state index in [9.17, 15) is 4.79 Å². The van der Waals surface area contributed by atoms with Crippen LogP contribution in [0.2, 0.25) is 10.3 Å². The fourth-order valence-corrected chi connectivity index (χ4v) is 2.29. The molecule has 19 heavy (non-hydrogen) atoms. The number of nitrogens with one attached hydrogen (secondary N) is 1. The van der Waals surface area contributed by atoms with Crippen LogP contribution in [0.1, 0.15) is 10.4 Å². The van der Waals surface area contributed by atoms with E-state index >= 15 is 0 Å². The Morgan fingerprint density at radius 1 is 1.16 bits per heavy atom. The molecule has 0 saturated heterocycles. The first-order valence-corrected chi connectivity index (χ1v) is 7.35. The van der Waals surface area contributed by atoms with Crippen LogP contribution in [0.4, 0.5) is 5.69 Å². The van der Waals surface area contributed by atoms with Crippen molar-refractivity contribution in [1.29, 1.82) is 0 Å². The third-order valence-corrected chi connectivity index (χ3v) is 3.65. The van der Waals surface area contributed by atoms with E-state index in [0.29, 0.717) is 11.3 Å². The number of hydrogen-bond acceptors (Lipinski definition) is 3. The second-order valence-electron chi connectivity index (χ2n) is 3.65. The number of pyridine rings is 1. The molecule has 0 radical (unpaired) electrons. The van der Waals surface area contributed by atoms with Gasteiger partial charge in [0, 0.05) is 10.6 Å². The molecule has 0 spiro atoms. The molecule has 0 saturated carbocycles. The number of thioether (sulfide) groups is 1. The summed E-state index contributed by atoms with van der Waals surface area (Å²) >= 11 is 13.2. The van der Waals surface area contributed by atoms with E-state index in [1.54, 1.807) is 17.8 Å². The number of hydrogen-bond donors (Lipinski definition) is 1. The van der Waals surface area contributed by atoms with Crippen LogP contribution in [0.3, 0.4) is 0 Å². The van der Waals surface area contributed by atoms with E-state index in [-0.39, 0.29) is 16.2 Å². The van der Waals surface area contributed by atoms with Gasteiger partial charge in [-0.25, -0.2) is 4.98 Å². The molecule has 0 atom stereocenters. The number of rotatable bonds is 3.